The Kier molecular flexibility index (Phi) is 9.09. The van der Waals surface area contributed by atoms with Crippen LogP contribution in [0.2, 0.25) is 10.0 Å². The maximum Gasteiger partial charge on any atom is 0.413 e. The monoisotopic (exact) mass is 625 g/mol. The van der Waals surface area contributed by atoms with E-state index in [1.165, 1.54) is 28.4 Å². The van der Waals surface area contributed by atoms with Crippen LogP contribution in [-0.2, 0) is 9.47 Å². The number of carbonyl (C=O) groups is 1. The van der Waals surface area contributed by atoms with Gasteiger partial charge in [0.2, 0.25) is 0 Å². The SMILES string of the molecule is CC(C)Oc1ccc(-c2nnc(-c3cc(F)c(OCC4C(C)OC(C)(C)N4C(=O)OC(C)(C)C)cc3Cl)s2)cc1Cl. The van der Waals surface area contributed by atoms with Crippen molar-refractivity contribution in [1.82, 2.24) is 15.1 Å². The van der Waals surface area contributed by atoms with Gasteiger partial charge >= 0.3 is 6.09 Å². The quantitative estimate of drug-likeness (QED) is 0.261. The molecule has 3 aromatic rings. The van der Waals surface area contributed by atoms with Crippen molar-refractivity contribution in [1.29, 1.82) is 0 Å². The largest absolute Gasteiger partial charge is 0.489 e. The maximum absolute atomic E-state index is 15.3. The Bertz CT molecular complexity index is 1430. The fraction of sp³-hybridized carbons (Fsp3) is 0.483. The second-order valence-electron chi connectivity index (χ2n) is 11.5. The van der Waals surface area contributed by atoms with Crippen LogP contribution in [0.15, 0.2) is 30.3 Å². The number of hydrogen-bond acceptors (Lipinski definition) is 8. The molecule has 0 radical (unpaired) electrons. The average molecular weight is 627 g/mol. The minimum absolute atomic E-state index is 0.0128. The molecule has 1 fully saturated rings. The van der Waals surface area contributed by atoms with Crippen molar-refractivity contribution in [2.75, 3.05) is 6.61 Å². The minimum atomic E-state index is -0.933. The predicted octanol–water partition coefficient (Wildman–Crippen LogP) is 8.24. The molecule has 2 heterocycles. The Morgan fingerprint density at radius 3 is 2.44 bits per heavy atom. The summed E-state index contributed by atoms with van der Waals surface area (Å²) in [5.74, 6) is -0.113. The van der Waals surface area contributed by atoms with Gasteiger partial charge < -0.3 is 18.9 Å². The van der Waals surface area contributed by atoms with Crippen LogP contribution in [-0.4, -0.2) is 57.4 Å². The summed E-state index contributed by atoms with van der Waals surface area (Å²) < 4.78 is 38.4. The molecule has 2 aromatic carbocycles. The van der Waals surface area contributed by atoms with E-state index in [2.05, 4.69) is 10.2 Å². The summed E-state index contributed by atoms with van der Waals surface area (Å²) in [7, 11) is 0. The molecule has 222 valence electrons. The van der Waals surface area contributed by atoms with Gasteiger partial charge in [0.1, 0.15) is 33.7 Å². The van der Waals surface area contributed by atoms with Gasteiger partial charge in [0.25, 0.3) is 0 Å². The molecule has 1 amide bonds. The van der Waals surface area contributed by atoms with E-state index in [0.29, 0.717) is 26.4 Å². The van der Waals surface area contributed by atoms with Crippen LogP contribution < -0.4 is 9.47 Å². The number of hydrogen-bond donors (Lipinski definition) is 0. The molecule has 0 bridgehead atoms. The van der Waals surface area contributed by atoms with Crippen molar-refractivity contribution in [3.05, 3.63) is 46.2 Å². The van der Waals surface area contributed by atoms with Crippen LogP contribution in [0.3, 0.4) is 0 Å². The molecule has 1 aromatic heterocycles. The molecule has 1 saturated heterocycles. The highest BCUT2D eigenvalue weighted by Crippen LogP contribution is 2.39. The molecule has 2 atom stereocenters. The second kappa shape index (κ2) is 11.9. The fourth-order valence-electron chi connectivity index (χ4n) is 4.49. The Morgan fingerprint density at radius 1 is 1.12 bits per heavy atom. The molecule has 8 nitrogen and oxygen atoms in total. The van der Waals surface area contributed by atoms with Gasteiger partial charge in [0, 0.05) is 17.2 Å². The number of amides is 1. The lowest BCUT2D eigenvalue weighted by Crippen LogP contribution is -2.52. The highest BCUT2D eigenvalue weighted by atomic mass is 35.5. The van der Waals surface area contributed by atoms with E-state index in [9.17, 15) is 4.79 Å². The zero-order valence-electron chi connectivity index (χ0n) is 24.3. The highest BCUT2D eigenvalue weighted by molar-refractivity contribution is 7.18. The summed E-state index contributed by atoms with van der Waals surface area (Å²) in [6.45, 7) is 14.6. The third-order valence-corrected chi connectivity index (χ3v) is 7.76. The zero-order chi connectivity index (χ0) is 30.3. The standard InChI is InChI=1S/C29H34Cl2FN3O5S/c1-15(2)38-23-10-9-17(11-20(23)31)25-33-34-26(41-25)18-12-21(32)24(13-19(18)30)37-14-22-16(3)39-29(7,8)35(22)27(36)40-28(4,5)6/h9-13,15-16,22H,14H2,1-8H3. The second-order valence-corrected chi connectivity index (χ2v) is 13.3. The van der Waals surface area contributed by atoms with Crippen LogP contribution in [0, 0.1) is 5.82 Å². The lowest BCUT2D eigenvalue weighted by molar-refractivity contribution is -0.0760. The summed E-state index contributed by atoms with van der Waals surface area (Å²) in [5, 5.41) is 10.2. The van der Waals surface area contributed by atoms with E-state index in [0.717, 1.165) is 5.56 Å². The van der Waals surface area contributed by atoms with E-state index in [1.54, 1.807) is 46.8 Å². The first-order valence-corrected chi connectivity index (χ1v) is 14.8. The van der Waals surface area contributed by atoms with Crippen molar-refractivity contribution in [3.8, 4) is 32.6 Å². The molecule has 1 aliphatic heterocycles. The van der Waals surface area contributed by atoms with Crippen LogP contribution >= 0.6 is 34.5 Å². The summed E-state index contributed by atoms with van der Waals surface area (Å²) in [4.78, 5) is 14.5. The molecule has 0 N–H and O–H groups in total. The smallest absolute Gasteiger partial charge is 0.413 e. The number of aromatic nitrogens is 2. The third kappa shape index (κ3) is 7.23. The minimum Gasteiger partial charge on any atom is -0.489 e. The average Bonchev–Trinajstić information content (AvgIpc) is 3.41. The van der Waals surface area contributed by atoms with Crippen molar-refractivity contribution in [3.63, 3.8) is 0 Å². The topological polar surface area (TPSA) is 83.0 Å². The Morgan fingerprint density at radius 2 is 1.80 bits per heavy atom. The van der Waals surface area contributed by atoms with E-state index in [-0.39, 0.29) is 29.6 Å². The van der Waals surface area contributed by atoms with Crippen molar-refractivity contribution >= 4 is 40.6 Å². The normalized spacial score (nSPS) is 18.6. The summed E-state index contributed by atoms with van der Waals surface area (Å²) in [6, 6.07) is 7.50. The lowest BCUT2D eigenvalue weighted by Gasteiger charge is -2.35. The fourth-order valence-corrected chi connectivity index (χ4v) is 5.88. The van der Waals surface area contributed by atoms with E-state index < -0.39 is 29.3 Å². The lowest BCUT2D eigenvalue weighted by atomic mass is 10.1. The van der Waals surface area contributed by atoms with E-state index >= 15 is 4.39 Å². The molecular weight excluding hydrogens is 592 g/mol. The first-order chi connectivity index (χ1) is 19.1. The Hall–Kier alpha value is -2.66. The molecule has 2 unspecified atom stereocenters. The number of rotatable bonds is 7. The number of benzene rings is 2. The Labute approximate surface area is 253 Å². The predicted molar refractivity (Wildman–Crippen MR) is 159 cm³/mol. The zero-order valence-corrected chi connectivity index (χ0v) is 26.6. The Balaban J connectivity index is 1.51. The summed E-state index contributed by atoms with van der Waals surface area (Å²) in [5.41, 5.74) is -0.503. The molecule has 0 spiro atoms. The van der Waals surface area contributed by atoms with E-state index in [1.807, 2.05) is 26.8 Å². The van der Waals surface area contributed by atoms with Gasteiger partial charge in [0.15, 0.2) is 11.6 Å². The van der Waals surface area contributed by atoms with Gasteiger partial charge in [-0.05, 0) is 79.7 Å². The molecule has 0 saturated carbocycles. The molecule has 4 rings (SSSR count). The number of carbonyl (C=O) groups excluding carboxylic acids is 1. The van der Waals surface area contributed by atoms with Gasteiger partial charge in [-0.1, -0.05) is 34.5 Å². The molecular formula is C29H34Cl2FN3O5S. The summed E-state index contributed by atoms with van der Waals surface area (Å²) >= 11 is 14.2. The van der Waals surface area contributed by atoms with Gasteiger partial charge in [-0.25, -0.2) is 9.18 Å². The first-order valence-electron chi connectivity index (χ1n) is 13.2. The number of ether oxygens (including phenoxy) is 4. The maximum atomic E-state index is 15.3. The highest BCUT2D eigenvalue weighted by Gasteiger charge is 2.50. The number of halogens is 3. The van der Waals surface area contributed by atoms with Crippen molar-refractivity contribution < 1.29 is 28.1 Å². The van der Waals surface area contributed by atoms with Crippen LogP contribution in [0.1, 0.15) is 55.4 Å². The van der Waals surface area contributed by atoms with Gasteiger partial charge in [-0.3, -0.25) is 4.90 Å². The van der Waals surface area contributed by atoms with Crippen LogP contribution in [0.5, 0.6) is 11.5 Å². The third-order valence-electron chi connectivity index (χ3n) is 6.15. The van der Waals surface area contributed by atoms with Crippen molar-refractivity contribution in [2.24, 2.45) is 0 Å². The van der Waals surface area contributed by atoms with Crippen molar-refractivity contribution in [2.45, 2.75) is 85.0 Å². The van der Waals surface area contributed by atoms with Crippen LogP contribution in [0.4, 0.5) is 9.18 Å². The molecule has 12 heteroatoms. The van der Waals surface area contributed by atoms with Gasteiger partial charge in [-0.15, -0.1) is 10.2 Å². The van der Waals surface area contributed by atoms with Gasteiger partial charge in [0.05, 0.1) is 28.3 Å². The summed E-state index contributed by atoms with van der Waals surface area (Å²) in [6.07, 6.45) is -0.930. The molecule has 1 aliphatic rings. The first kappa shape index (κ1) is 31.3. The number of nitrogens with zero attached hydrogens (tertiary/aromatic N) is 3. The molecule has 41 heavy (non-hydrogen) atoms. The molecule has 0 aliphatic carbocycles. The van der Waals surface area contributed by atoms with Gasteiger partial charge in [-0.2, -0.15) is 0 Å². The van der Waals surface area contributed by atoms with E-state index in [4.69, 9.17) is 42.1 Å². The van der Waals surface area contributed by atoms with Crippen LogP contribution in [0.25, 0.3) is 21.1 Å².